The summed E-state index contributed by atoms with van der Waals surface area (Å²) in [5.41, 5.74) is 2.62. The van der Waals surface area contributed by atoms with Crippen LogP contribution in [0, 0.1) is 6.92 Å². The number of rotatable bonds is 4. The fourth-order valence-corrected chi connectivity index (χ4v) is 4.37. The summed E-state index contributed by atoms with van der Waals surface area (Å²) in [6.07, 6.45) is 3.47. The van der Waals surface area contributed by atoms with E-state index in [0.717, 1.165) is 29.9 Å². The van der Waals surface area contributed by atoms with E-state index in [4.69, 9.17) is 0 Å². The number of nitrogens with zero attached hydrogens (tertiary/aromatic N) is 6. The lowest BCUT2D eigenvalue weighted by Crippen LogP contribution is -2.45. The number of hydrogen-bond acceptors (Lipinski definition) is 5. The standard InChI is InChI=1S/C16H24N6O2S/c1-12-18-14(10-15(19-12)16-7-8-17-21(16)4)13-6-5-9-22(11-13)25(23,24)20(2)3/h7-8,10,13H,5-6,9,11H2,1-4H3/t13-/m1/s1. The maximum Gasteiger partial charge on any atom is 0.281 e. The average molecular weight is 364 g/mol. The predicted octanol–water partition coefficient (Wildman–Crippen LogP) is 1.17. The molecule has 9 heteroatoms. The molecule has 0 unspecified atom stereocenters. The lowest BCUT2D eigenvalue weighted by molar-refractivity contribution is 0.296. The van der Waals surface area contributed by atoms with Crippen molar-refractivity contribution in [3.05, 3.63) is 29.8 Å². The van der Waals surface area contributed by atoms with Gasteiger partial charge in [-0.05, 0) is 31.9 Å². The molecule has 3 heterocycles. The second kappa shape index (κ2) is 6.81. The Hall–Kier alpha value is -1.84. The highest BCUT2D eigenvalue weighted by Crippen LogP contribution is 2.29. The third-order valence-corrected chi connectivity index (χ3v) is 6.44. The Morgan fingerprint density at radius 1 is 1.28 bits per heavy atom. The summed E-state index contributed by atoms with van der Waals surface area (Å²) in [6, 6.07) is 3.87. The molecule has 2 aromatic heterocycles. The number of piperidine rings is 1. The van der Waals surface area contributed by atoms with Gasteiger partial charge in [0.2, 0.25) is 0 Å². The van der Waals surface area contributed by atoms with Crippen molar-refractivity contribution < 1.29 is 8.42 Å². The molecule has 25 heavy (non-hydrogen) atoms. The minimum atomic E-state index is -3.40. The van der Waals surface area contributed by atoms with Gasteiger partial charge in [0.25, 0.3) is 10.2 Å². The molecule has 0 radical (unpaired) electrons. The van der Waals surface area contributed by atoms with Gasteiger partial charge in [0.15, 0.2) is 0 Å². The Labute approximate surface area is 148 Å². The van der Waals surface area contributed by atoms with Crippen LogP contribution in [-0.4, -0.2) is 64.0 Å². The molecule has 8 nitrogen and oxygen atoms in total. The topological polar surface area (TPSA) is 84.2 Å². The first-order valence-corrected chi connectivity index (χ1v) is 9.70. The largest absolute Gasteiger partial charge is 0.281 e. The van der Waals surface area contributed by atoms with Crippen molar-refractivity contribution in [2.75, 3.05) is 27.2 Å². The highest BCUT2D eigenvalue weighted by molar-refractivity contribution is 7.86. The van der Waals surface area contributed by atoms with Crippen molar-refractivity contribution in [3.8, 4) is 11.4 Å². The maximum absolute atomic E-state index is 12.4. The molecule has 1 fully saturated rings. The smallest absolute Gasteiger partial charge is 0.266 e. The third-order valence-electron chi connectivity index (χ3n) is 4.53. The van der Waals surface area contributed by atoms with Gasteiger partial charge in [-0.25, -0.2) is 9.97 Å². The Bertz CT molecular complexity index is 861. The zero-order valence-corrected chi connectivity index (χ0v) is 15.9. The molecule has 136 valence electrons. The van der Waals surface area contributed by atoms with Crippen LogP contribution in [0.25, 0.3) is 11.4 Å². The molecule has 0 N–H and O–H groups in total. The van der Waals surface area contributed by atoms with E-state index in [1.807, 2.05) is 26.1 Å². The summed E-state index contributed by atoms with van der Waals surface area (Å²) in [5, 5.41) is 4.19. The number of aryl methyl sites for hydroxylation is 2. The lowest BCUT2D eigenvalue weighted by atomic mass is 9.95. The van der Waals surface area contributed by atoms with Crippen LogP contribution in [0.1, 0.15) is 30.3 Å². The van der Waals surface area contributed by atoms with Gasteiger partial charge in [-0.1, -0.05) is 0 Å². The molecule has 1 aliphatic heterocycles. The van der Waals surface area contributed by atoms with Crippen molar-refractivity contribution >= 4 is 10.2 Å². The zero-order chi connectivity index (χ0) is 18.2. The lowest BCUT2D eigenvalue weighted by Gasteiger charge is -2.33. The summed E-state index contributed by atoms with van der Waals surface area (Å²) >= 11 is 0. The molecule has 1 atom stereocenters. The molecule has 0 spiro atoms. The van der Waals surface area contributed by atoms with Crippen molar-refractivity contribution in [2.24, 2.45) is 7.05 Å². The first kappa shape index (κ1) is 18.0. The van der Waals surface area contributed by atoms with E-state index >= 15 is 0 Å². The first-order valence-electron chi connectivity index (χ1n) is 8.30. The molecule has 0 aliphatic carbocycles. The highest BCUT2D eigenvalue weighted by atomic mass is 32.2. The molecule has 3 rings (SSSR count). The van der Waals surface area contributed by atoms with Crippen LogP contribution >= 0.6 is 0 Å². The summed E-state index contributed by atoms with van der Waals surface area (Å²) < 4.78 is 29.5. The molecule has 0 bridgehead atoms. The minimum Gasteiger partial charge on any atom is -0.266 e. The maximum atomic E-state index is 12.4. The summed E-state index contributed by atoms with van der Waals surface area (Å²) in [6.45, 7) is 2.86. The van der Waals surface area contributed by atoms with E-state index in [1.165, 1.54) is 4.31 Å². The molecule has 0 amide bonds. The SMILES string of the molecule is Cc1nc(-c2ccnn2C)cc([C@@H]2CCCN(S(=O)(=O)N(C)C)C2)n1. The second-order valence-corrected chi connectivity index (χ2v) is 8.70. The number of hydrogen-bond donors (Lipinski definition) is 0. The van der Waals surface area contributed by atoms with Gasteiger partial charge in [-0.15, -0.1) is 0 Å². The van der Waals surface area contributed by atoms with Gasteiger partial charge >= 0.3 is 0 Å². The van der Waals surface area contributed by atoms with Crippen LogP contribution < -0.4 is 0 Å². The normalized spacial score (nSPS) is 19.5. The van der Waals surface area contributed by atoms with Crippen LogP contribution in [-0.2, 0) is 17.3 Å². The van der Waals surface area contributed by atoms with Crippen LogP contribution in [0.2, 0.25) is 0 Å². The van der Waals surface area contributed by atoms with Gasteiger partial charge in [-0.3, -0.25) is 4.68 Å². The van der Waals surface area contributed by atoms with Crippen molar-refractivity contribution in [1.82, 2.24) is 28.4 Å². The molecule has 2 aromatic rings. The molecule has 0 saturated carbocycles. The van der Waals surface area contributed by atoms with Crippen LogP contribution in [0.15, 0.2) is 18.3 Å². The summed E-state index contributed by atoms with van der Waals surface area (Å²) in [4.78, 5) is 9.10. The van der Waals surface area contributed by atoms with Crippen LogP contribution in [0.4, 0.5) is 0 Å². The molecule has 1 aliphatic rings. The number of aromatic nitrogens is 4. The molecular formula is C16H24N6O2S. The van der Waals surface area contributed by atoms with E-state index in [9.17, 15) is 8.42 Å². The van der Waals surface area contributed by atoms with E-state index in [1.54, 1.807) is 29.3 Å². The van der Waals surface area contributed by atoms with Gasteiger partial charge in [-0.2, -0.15) is 22.1 Å². The molecule has 0 aromatic carbocycles. The van der Waals surface area contributed by atoms with Gasteiger partial charge in [0.05, 0.1) is 11.4 Å². The molecule has 1 saturated heterocycles. The van der Waals surface area contributed by atoms with Gasteiger partial charge < -0.3 is 0 Å². The zero-order valence-electron chi connectivity index (χ0n) is 15.0. The highest BCUT2D eigenvalue weighted by Gasteiger charge is 2.32. The minimum absolute atomic E-state index is 0.0668. The van der Waals surface area contributed by atoms with E-state index in [2.05, 4.69) is 15.1 Å². The van der Waals surface area contributed by atoms with Crippen molar-refractivity contribution in [1.29, 1.82) is 0 Å². The van der Waals surface area contributed by atoms with Crippen molar-refractivity contribution in [3.63, 3.8) is 0 Å². The van der Waals surface area contributed by atoms with E-state index in [0.29, 0.717) is 18.9 Å². The van der Waals surface area contributed by atoms with E-state index < -0.39 is 10.2 Å². The Kier molecular flexibility index (Phi) is 4.90. The third kappa shape index (κ3) is 3.58. The monoisotopic (exact) mass is 364 g/mol. The predicted molar refractivity (Wildman–Crippen MR) is 95.1 cm³/mol. The fraction of sp³-hybridized carbons (Fsp3) is 0.562. The Balaban J connectivity index is 1.91. The molecular weight excluding hydrogens is 340 g/mol. The summed E-state index contributed by atoms with van der Waals surface area (Å²) in [5.74, 6) is 0.749. The average Bonchev–Trinajstić information content (AvgIpc) is 3.00. The summed E-state index contributed by atoms with van der Waals surface area (Å²) in [7, 11) is 1.60. The van der Waals surface area contributed by atoms with Crippen LogP contribution in [0.5, 0.6) is 0 Å². The Morgan fingerprint density at radius 3 is 2.68 bits per heavy atom. The van der Waals surface area contributed by atoms with Gasteiger partial charge in [0.1, 0.15) is 5.82 Å². The fourth-order valence-electron chi connectivity index (χ4n) is 3.18. The quantitative estimate of drug-likeness (QED) is 0.813. The van der Waals surface area contributed by atoms with Crippen LogP contribution in [0.3, 0.4) is 0 Å². The second-order valence-electron chi connectivity index (χ2n) is 6.55. The van der Waals surface area contributed by atoms with E-state index in [-0.39, 0.29) is 5.92 Å². The first-order chi connectivity index (χ1) is 11.8. The Morgan fingerprint density at radius 2 is 2.04 bits per heavy atom. The van der Waals surface area contributed by atoms with Gasteiger partial charge in [0, 0.05) is 52.0 Å². The van der Waals surface area contributed by atoms with Crippen molar-refractivity contribution in [2.45, 2.75) is 25.7 Å².